The molecule has 2 rings (SSSR count). The molecule has 0 radical (unpaired) electrons. The Labute approximate surface area is 104 Å². The average Bonchev–Trinajstić information content (AvgIpc) is 2.70. The van der Waals surface area contributed by atoms with Crippen LogP contribution in [-0.2, 0) is 6.42 Å². The van der Waals surface area contributed by atoms with Gasteiger partial charge in [-0.25, -0.2) is 4.98 Å². The van der Waals surface area contributed by atoms with Crippen molar-refractivity contribution < 1.29 is 4.79 Å². The molecule has 0 spiro atoms. The van der Waals surface area contributed by atoms with Gasteiger partial charge in [-0.15, -0.1) is 11.3 Å². The second-order valence-corrected chi connectivity index (χ2v) is 5.09. The minimum Gasteiger partial charge on any atom is -0.366 e. The molecule has 0 fully saturated rings. The van der Waals surface area contributed by atoms with Crippen LogP contribution >= 0.6 is 11.3 Å². The molecule has 0 aliphatic heterocycles. The van der Waals surface area contributed by atoms with Crippen LogP contribution in [0.3, 0.4) is 0 Å². The van der Waals surface area contributed by atoms with Gasteiger partial charge in [-0.05, 0) is 25.5 Å². The normalized spacial score (nSPS) is 10.5. The Bertz CT molecular complexity index is 543. The van der Waals surface area contributed by atoms with E-state index in [1.54, 1.807) is 23.5 Å². The molecule has 1 heterocycles. The van der Waals surface area contributed by atoms with E-state index in [9.17, 15) is 4.79 Å². The van der Waals surface area contributed by atoms with Gasteiger partial charge in [-0.3, -0.25) is 4.79 Å². The maximum atomic E-state index is 11.0. The van der Waals surface area contributed by atoms with Gasteiger partial charge in [0, 0.05) is 16.0 Å². The first-order chi connectivity index (χ1) is 8.11. The fourth-order valence-electron chi connectivity index (χ4n) is 1.73. The Morgan fingerprint density at radius 3 is 2.53 bits per heavy atom. The van der Waals surface area contributed by atoms with Crippen molar-refractivity contribution >= 4 is 17.2 Å². The van der Waals surface area contributed by atoms with Crippen molar-refractivity contribution in [1.82, 2.24) is 4.98 Å². The van der Waals surface area contributed by atoms with Crippen LogP contribution in [0.15, 0.2) is 24.3 Å². The number of primary amides is 1. The van der Waals surface area contributed by atoms with E-state index in [4.69, 9.17) is 5.73 Å². The fourth-order valence-corrected chi connectivity index (χ4v) is 2.62. The molecule has 4 heteroatoms. The quantitative estimate of drug-likeness (QED) is 0.905. The number of hydrogen-bond donors (Lipinski definition) is 1. The molecule has 2 N–H and O–H groups in total. The smallest absolute Gasteiger partial charge is 0.248 e. The van der Waals surface area contributed by atoms with E-state index in [1.807, 2.05) is 19.1 Å². The number of carbonyl (C=O) groups excluding carboxylic acids is 1. The molecule has 17 heavy (non-hydrogen) atoms. The molecule has 0 aliphatic rings. The topological polar surface area (TPSA) is 56.0 Å². The molecule has 2 aromatic rings. The first-order valence-electron chi connectivity index (χ1n) is 5.48. The zero-order valence-electron chi connectivity index (χ0n) is 9.86. The summed E-state index contributed by atoms with van der Waals surface area (Å²) in [5.41, 5.74) is 7.79. The Hall–Kier alpha value is -1.68. The molecule has 0 saturated carbocycles. The second-order valence-electron chi connectivity index (χ2n) is 3.80. The summed E-state index contributed by atoms with van der Waals surface area (Å²) in [5, 5.41) is 1.07. The van der Waals surface area contributed by atoms with Crippen LogP contribution in [-0.4, -0.2) is 10.9 Å². The zero-order chi connectivity index (χ0) is 12.4. The van der Waals surface area contributed by atoms with Crippen LogP contribution in [0.4, 0.5) is 0 Å². The minimum atomic E-state index is -0.401. The third-order valence-electron chi connectivity index (χ3n) is 2.57. The number of thiazole rings is 1. The molecule has 0 atom stereocenters. The van der Waals surface area contributed by atoms with Crippen molar-refractivity contribution in [2.45, 2.75) is 20.3 Å². The molecule has 1 amide bonds. The SMILES string of the molecule is CCc1sc(C)nc1-c1ccc(C(N)=O)cc1. The van der Waals surface area contributed by atoms with Crippen molar-refractivity contribution in [3.05, 3.63) is 39.7 Å². The van der Waals surface area contributed by atoms with Crippen LogP contribution in [0.2, 0.25) is 0 Å². The van der Waals surface area contributed by atoms with Crippen LogP contribution in [0.5, 0.6) is 0 Å². The maximum Gasteiger partial charge on any atom is 0.248 e. The lowest BCUT2D eigenvalue weighted by Gasteiger charge is -2.01. The Balaban J connectivity index is 2.42. The van der Waals surface area contributed by atoms with Crippen LogP contribution in [0.1, 0.15) is 27.2 Å². The summed E-state index contributed by atoms with van der Waals surface area (Å²) < 4.78 is 0. The summed E-state index contributed by atoms with van der Waals surface area (Å²) in [6.07, 6.45) is 0.971. The number of nitrogens with zero attached hydrogens (tertiary/aromatic N) is 1. The highest BCUT2D eigenvalue weighted by atomic mass is 32.1. The lowest BCUT2D eigenvalue weighted by Crippen LogP contribution is -2.10. The minimum absolute atomic E-state index is 0.401. The van der Waals surface area contributed by atoms with E-state index in [1.165, 1.54) is 4.88 Å². The van der Waals surface area contributed by atoms with Crippen molar-refractivity contribution in [3.63, 3.8) is 0 Å². The van der Waals surface area contributed by atoms with Crippen LogP contribution in [0.25, 0.3) is 11.3 Å². The van der Waals surface area contributed by atoms with Gasteiger partial charge in [0.15, 0.2) is 0 Å². The maximum absolute atomic E-state index is 11.0. The number of hydrogen-bond acceptors (Lipinski definition) is 3. The van der Waals surface area contributed by atoms with Crippen molar-refractivity contribution in [2.24, 2.45) is 5.73 Å². The highest BCUT2D eigenvalue weighted by Crippen LogP contribution is 2.28. The lowest BCUT2D eigenvalue weighted by atomic mass is 10.1. The third-order valence-corrected chi connectivity index (χ3v) is 3.68. The number of nitrogens with two attached hydrogens (primary N) is 1. The lowest BCUT2D eigenvalue weighted by molar-refractivity contribution is 0.100. The van der Waals surface area contributed by atoms with Crippen molar-refractivity contribution in [3.8, 4) is 11.3 Å². The Morgan fingerprint density at radius 1 is 1.35 bits per heavy atom. The molecule has 1 aromatic heterocycles. The summed E-state index contributed by atoms with van der Waals surface area (Å²) in [4.78, 5) is 16.8. The fraction of sp³-hybridized carbons (Fsp3) is 0.231. The summed E-state index contributed by atoms with van der Waals surface area (Å²) in [7, 11) is 0. The van der Waals surface area contributed by atoms with Gasteiger partial charge < -0.3 is 5.73 Å². The standard InChI is InChI=1S/C13H14N2OS/c1-3-11-12(15-8(2)17-11)9-4-6-10(7-5-9)13(14)16/h4-7H,3H2,1-2H3,(H2,14,16). The van der Waals surface area contributed by atoms with Crippen molar-refractivity contribution in [2.75, 3.05) is 0 Å². The predicted octanol–water partition coefficient (Wildman–Crippen LogP) is 2.78. The zero-order valence-corrected chi connectivity index (χ0v) is 10.7. The van der Waals surface area contributed by atoms with Gasteiger partial charge in [0.1, 0.15) is 0 Å². The van der Waals surface area contributed by atoms with Gasteiger partial charge in [0.25, 0.3) is 0 Å². The average molecular weight is 246 g/mol. The van der Waals surface area contributed by atoms with Crippen molar-refractivity contribution in [1.29, 1.82) is 0 Å². The van der Waals surface area contributed by atoms with Gasteiger partial charge in [0.05, 0.1) is 10.7 Å². The number of aryl methyl sites for hydroxylation is 2. The Morgan fingerprint density at radius 2 is 2.00 bits per heavy atom. The molecule has 3 nitrogen and oxygen atoms in total. The molecular weight excluding hydrogens is 232 g/mol. The number of aromatic nitrogens is 1. The van der Waals surface area contributed by atoms with Gasteiger partial charge >= 0.3 is 0 Å². The first kappa shape index (κ1) is 11.8. The molecule has 88 valence electrons. The second kappa shape index (κ2) is 4.67. The molecular formula is C13H14N2OS. The third kappa shape index (κ3) is 2.36. The van der Waals surface area contributed by atoms with E-state index in [0.717, 1.165) is 22.7 Å². The molecule has 0 bridgehead atoms. The first-order valence-corrected chi connectivity index (χ1v) is 6.30. The van der Waals surface area contributed by atoms with E-state index in [2.05, 4.69) is 11.9 Å². The van der Waals surface area contributed by atoms with Gasteiger partial charge in [-0.2, -0.15) is 0 Å². The van der Waals surface area contributed by atoms with Gasteiger partial charge in [0.2, 0.25) is 5.91 Å². The number of carbonyl (C=O) groups is 1. The van der Waals surface area contributed by atoms with Gasteiger partial charge in [-0.1, -0.05) is 19.1 Å². The number of rotatable bonds is 3. The summed E-state index contributed by atoms with van der Waals surface area (Å²) in [6.45, 7) is 4.12. The van der Waals surface area contributed by atoms with E-state index in [0.29, 0.717) is 5.56 Å². The molecule has 1 aromatic carbocycles. The predicted molar refractivity (Wildman–Crippen MR) is 70.2 cm³/mol. The summed E-state index contributed by atoms with van der Waals surface area (Å²) in [6, 6.07) is 7.28. The molecule has 0 aliphatic carbocycles. The van der Waals surface area contributed by atoms with Crippen LogP contribution in [0, 0.1) is 6.92 Å². The number of amides is 1. The monoisotopic (exact) mass is 246 g/mol. The van der Waals surface area contributed by atoms with E-state index < -0.39 is 5.91 Å². The summed E-state index contributed by atoms with van der Waals surface area (Å²) in [5.74, 6) is -0.401. The Kier molecular flexibility index (Phi) is 3.24. The summed E-state index contributed by atoms with van der Waals surface area (Å²) >= 11 is 1.72. The highest BCUT2D eigenvalue weighted by Gasteiger charge is 2.10. The van der Waals surface area contributed by atoms with E-state index >= 15 is 0 Å². The highest BCUT2D eigenvalue weighted by molar-refractivity contribution is 7.12. The van der Waals surface area contributed by atoms with Crippen LogP contribution < -0.4 is 5.73 Å². The number of benzene rings is 1. The molecule has 0 saturated heterocycles. The van der Waals surface area contributed by atoms with E-state index in [-0.39, 0.29) is 0 Å². The largest absolute Gasteiger partial charge is 0.366 e. The molecule has 0 unspecified atom stereocenters.